The van der Waals surface area contributed by atoms with Crippen molar-refractivity contribution >= 4 is 11.8 Å². The summed E-state index contributed by atoms with van der Waals surface area (Å²) in [6.45, 7) is 0.429. The van der Waals surface area contributed by atoms with Crippen LogP contribution in [0.4, 0.5) is 0 Å². The topological polar surface area (TPSA) is 161 Å². The van der Waals surface area contributed by atoms with Gasteiger partial charge in [-0.15, -0.1) is 0 Å². The smallest absolute Gasteiger partial charge is 0.224 e. The molecule has 0 radical (unpaired) electrons. The lowest BCUT2D eigenvalue weighted by atomic mass is 9.81. The van der Waals surface area contributed by atoms with E-state index < -0.39 is 11.8 Å². The first-order valence-electron chi connectivity index (χ1n) is 14.5. The number of pyridine rings is 2. The maximum Gasteiger partial charge on any atom is 0.224 e. The molecule has 12 heteroatoms. The average Bonchev–Trinajstić information content (AvgIpc) is 3.09. The molecule has 0 aliphatic rings. The van der Waals surface area contributed by atoms with Crippen molar-refractivity contribution in [2.24, 2.45) is 11.8 Å². The molecule has 2 atom stereocenters. The van der Waals surface area contributed by atoms with Gasteiger partial charge in [-0.2, -0.15) is 0 Å². The van der Waals surface area contributed by atoms with Gasteiger partial charge in [0.15, 0.2) is 23.0 Å². The van der Waals surface area contributed by atoms with Crippen LogP contribution in [-0.2, 0) is 35.5 Å². The van der Waals surface area contributed by atoms with Crippen LogP contribution in [0.15, 0.2) is 73.3 Å². The number of aromatic hydroxyl groups is 2. The van der Waals surface area contributed by atoms with Gasteiger partial charge in [-0.3, -0.25) is 19.6 Å². The number of aromatic nitrogens is 2. The van der Waals surface area contributed by atoms with Crippen molar-refractivity contribution in [3.63, 3.8) is 0 Å². The predicted octanol–water partition coefficient (Wildman–Crippen LogP) is 3.57. The Labute approximate surface area is 267 Å². The minimum Gasteiger partial charge on any atom is -0.502 e. The molecule has 12 nitrogen and oxygen atoms in total. The van der Waals surface area contributed by atoms with E-state index in [1.807, 2.05) is 0 Å². The summed E-state index contributed by atoms with van der Waals surface area (Å²) >= 11 is 0. The molecule has 0 bridgehead atoms. The van der Waals surface area contributed by atoms with E-state index in [4.69, 9.17) is 18.9 Å². The van der Waals surface area contributed by atoms with E-state index in [0.29, 0.717) is 11.1 Å². The van der Waals surface area contributed by atoms with Gasteiger partial charge in [0.2, 0.25) is 23.3 Å². The first-order valence-corrected chi connectivity index (χ1v) is 14.5. The van der Waals surface area contributed by atoms with Gasteiger partial charge in [0.1, 0.15) is 0 Å². The standard InChI is InChI=1S/C34H38N4O8/c1-43-27-15-23(16-28(44-2)31(27)39)13-25(33(41)37-19-21-5-9-35-10-6-21)26(34(42)38-20-22-7-11-36-12-8-22)14-24-17-29(45-3)32(40)30(18-24)46-4/h5-12,15-18,25-26,39-40H,13-14,19-20H2,1-4H3,(H,37,41)(H,38,42)/t25-,26+. The Hall–Kier alpha value is -5.52. The highest BCUT2D eigenvalue weighted by Crippen LogP contribution is 2.40. The molecule has 46 heavy (non-hydrogen) atoms. The first kappa shape index (κ1) is 33.4. The maximum absolute atomic E-state index is 14.1. The third-order valence-electron chi connectivity index (χ3n) is 7.58. The number of hydrogen-bond donors (Lipinski definition) is 4. The van der Waals surface area contributed by atoms with Crippen LogP contribution in [0.3, 0.4) is 0 Å². The normalized spacial score (nSPS) is 12.0. The summed E-state index contributed by atoms with van der Waals surface area (Å²) in [5.41, 5.74) is 2.87. The van der Waals surface area contributed by atoms with E-state index in [1.54, 1.807) is 73.3 Å². The van der Waals surface area contributed by atoms with Gasteiger partial charge in [0, 0.05) is 37.9 Å². The number of phenolic OH excluding ortho intramolecular Hbond substituents is 2. The van der Waals surface area contributed by atoms with Crippen molar-refractivity contribution in [3.8, 4) is 34.5 Å². The van der Waals surface area contributed by atoms with Gasteiger partial charge in [-0.05, 0) is 83.6 Å². The predicted molar refractivity (Wildman–Crippen MR) is 169 cm³/mol. The summed E-state index contributed by atoms with van der Waals surface area (Å²) in [6.07, 6.45) is 6.72. The van der Waals surface area contributed by atoms with Crippen LogP contribution in [0.5, 0.6) is 34.5 Å². The number of nitrogens with zero attached hydrogens (tertiary/aromatic N) is 2. The van der Waals surface area contributed by atoms with Crippen LogP contribution in [0.25, 0.3) is 0 Å². The monoisotopic (exact) mass is 630 g/mol. The molecule has 0 saturated heterocycles. The average molecular weight is 631 g/mol. The van der Waals surface area contributed by atoms with E-state index in [2.05, 4.69) is 20.6 Å². The van der Waals surface area contributed by atoms with Crippen molar-refractivity contribution in [1.82, 2.24) is 20.6 Å². The molecule has 2 aromatic carbocycles. The molecule has 0 aliphatic carbocycles. The number of carbonyl (C=O) groups excluding carboxylic acids is 2. The van der Waals surface area contributed by atoms with Crippen molar-refractivity contribution in [2.45, 2.75) is 25.9 Å². The van der Waals surface area contributed by atoms with E-state index in [1.165, 1.54) is 28.4 Å². The lowest BCUT2D eigenvalue weighted by Crippen LogP contribution is -2.44. The van der Waals surface area contributed by atoms with Gasteiger partial charge in [-0.1, -0.05) is 0 Å². The minimum atomic E-state index is -0.913. The second kappa shape index (κ2) is 16.0. The Morgan fingerprint density at radius 1 is 0.587 bits per heavy atom. The number of hydrogen-bond acceptors (Lipinski definition) is 10. The molecule has 4 N–H and O–H groups in total. The van der Waals surface area contributed by atoms with Crippen LogP contribution in [-0.4, -0.2) is 60.4 Å². The molecule has 0 saturated carbocycles. The minimum absolute atomic E-state index is 0.0921. The number of benzene rings is 2. The van der Waals surface area contributed by atoms with E-state index in [-0.39, 0.29) is 72.2 Å². The molecule has 0 spiro atoms. The fourth-order valence-corrected chi connectivity index (χ4v) is 5.12. The number of ether oxygens (including phenoxy) is 4. The number of carbonyl (C=O) groups is 2. The van der Waals surface area contributed by atoms with Gasteiger partial charge in [0.05, 0.1) is 40.3 Å². The van der Waals surface area contributed by atoms with Crippen molar-refractivity contribution in [1.29, 1.82) is 0 Å². The third kappa shape index (κ3) is 8.35. The summed E-state index contributed by atoms with van der Waals surface area (Å²) in [7, 11) is 5.66. The van der Waals surface area contributed by atoms with E-state index in [9.17, 15) is 19.8 Å². The Morgan fingerprint density at radius 2 is 0.891 bits per heavy atom. The molecule has 4 rings (SSSR count). The SMILES string of the molecule is COc1cc(C[C@H](C(=O)NCc2ccncc2)[C@@H](Cc2cc(OC)c(O)c(OC)c2)C(=O)NCc2ccncc2)cc(OC)c1O. The molecule has 2 amide bonds. The van der Waals surface area contributed by atoms with Crippen LogP contribution in [0, 0.1) is 11.8 Å². The van der Waals surface area contributed by atoms with Gasteiger partial charge in [-0.25, -0.2) is 0 Å². The highest BCUT2D eigenvalue weighted by molar-refractivity contribution is 5.88. The maximum atomic E-state index is 14.1. The lowest BCUT2D eigenvalue weighted by Gasteiger charge is -2.27. The summed E-state index contributed by atoms with van der Waals surface area (Å²) in [5.74, 6) is -2.27. The summed E-state index contributed by atoms with van der Waals surface area (Å²) in [5, 5.41) is 27.0. The lowest BCUT2D eigenvalue weighted by molar-refractivity contribution is -0.135. The Kier molecular flexibility index (Phi) is 11.6. The van der Waals surface area contributed by atoms with Crippen molar-refractivity contribution < 1.29 is 38.7 Å². The third-order valence-corrected chi connectivity index (χ3v) is 7.58. The fraction of sp³-hybridized carbons (Fsp3) is 0.294. The van der Waals surface area contributed by atoms with Crippen molar-refractivity contribution in [3.05, 3.63) is 95.6 Å². The number of amides is 2. The summed E-state index contributed by atoms with van der Waals surface area (Å²) in [6, 6.07) is 13.6. The number of methoxy groups -OCH3 is 4. The highest BCUT2D eigenvalue weighted by Gasteiger charge is 2.35. The second-order valence-electron chi connectivity index (χ2n) is 10.5. The highest BCUT2D eigenvalue weighted by atomic mass is 16.5. The Balaban J connectivity index is 1.76. The fourth-order valence-electron chi connectivity index (χ4n) is 5.12. The quantitative estimate of drug-likeness (QED) is 0.153. The summed E-state index contributed by atoms with van der Waals surface area (Å²) in [4.78, 5) is 36.2. The first-order chi connectivity index (χ1) is 22.3. The molecular formula is C34H38N4O8. The van der Waals surface area contributed by atoms with Crippen LogP contribution >= 0.6 is 0 Å². The van der Waals surface area contributed by atoms with Crippen LogP contribution in [0.2, 0.25) is 0 Å². The molecule has 0 unspecified atom stereocenters. The van der Waals surface area contributed by atoms with E-state index in [0.717, 1.165) is 11.1 Å². The zero-order valence-electron chi connectivity index (χ0n) is 26.1. The molecule has 4 aromatic rings. The zero-order valence-corrected chi connectivity index (χ0v) is 26.1. The molecule has 2 heterocycles. The largest absolute Gasteiger partial charge is 0.502 e. The second-order valence-corrected chi connectivity index (χ2v) is 10.5. The molecule has 242 valence electrons. The molecular weight excluding hydrogens is 592 g/mol. The van der Waals surface area contributed by atoms with Gasteiger partial charge in [0.25, 0.3) is 0 Å². The molecule has 0 aliphatic heterocycles. The number of rotatable bonds is 15. The van der Waals surface area contributed by atoms with Crippen LogP contribution < -0.4 is 29.6 Å². The van der Waals surface area contributed by atoms with Gasteiger partial charge >= 0.3 is 0 Å². The number of phenols is 2. The Morgan fingerprint density at radius 3 is 1.17 bits per heavy atom. The summed E-state index contributed by atoms with van der Waals surface area (Å²) < 4.78 is 21.4. The molecule has 0 fully saturated rings. The Bertz CT molecular complexity index is 1450. The molecule has 2 aromatic heterocycles. The van der Waals surface area contributed by atoms with E-state index >= 15 is 0 Å². The number of nitrogens with one attached hydrogen (secondary N) is 2. The zero-order chi connectivity index (χ0) is 33.1. The van der Waals surface area contributed by atoms with Crippen LogP contribution in [0.1, 0.15) is 22.3 Å². The van der Waals surface area contributed by atoms with Gasteiger partial charge < -0.3 is 39.8 Å². The van der Waals surface area contributed by atoms with Crippen molar-refractivity contribution in [2.75, 3.05) is 28.4 Å².